The summed E-state index contributed by atoms with van der Waals surface area (Å²) in [6, 6.07) is 6.79. The van der Waals surface area contributed by atoms with Crippen LogP contribution in [0, 0.1) is 6.92 Å². The van der Waals surface area contributed by atoms with E-state index in [1.807, 2.05) is 13.0 Å². The van der Waals surface area contributed by atoms with Crippen molar-refractivity contribution in [3.63, 3.8) is 0 Å². The molecule has 9 nitrogen and oxygen atoms in total. The first-order chi connectivity index (χ1) is 14.4. The number of aldehydes is 1. The van der Waals surface area contributed by atoms with E-state index in [1.165, 1.54) is 14.2 Å². The van der Waals surface area contributed by atoms with E-state index in [0.717, 1.165) is 22.9 Å². The monoisotopic (exact) mass is 416 g/mol. The number of benzene rings is 2. The van der Waals surface area contributed by atoms with Crippen molar-refractivity contribution in [2.24, 2.45) is 0 Å². The number of hydrogen-bond donors (Lipinski definition) is 1. The van der Waals surface area contributed by atoms with E-state index in [4.69, 9.17) is 29.3 Å². The molecule has 1 N–H and O–H groups in total. The number of nitrogens with zero attached hydrogens (tertiary/aromatic N) is 2. The lowest BCUT2D eigenvalue weighted by atomic mass is 9.96. The van der Waals surface area contributed by atoms with Gasteiger partial charge in [-0.2, -0.15) is 4.79 Å². The molecular weight excluding hydrogens is 392 g/mol. The van der Waals surface area contributed by atoms with Crippen LogP contribution in [0.3, 0.4) is 0 Å². The molecule has 0 saturated carbocycles. The lowest BCUT2D eigenvalue weighted by Crippen LogP contribution is -2.06. The molecule has 0 aromatic heterocycles. The van der Waals surface area contributed by atoms with Crippen LogP contribution in [-0.4, -0.2) is 56.8 Å². The predicted octanol–water partition coefficient (Wildman–Crippen LogP) is 2.80. The highest BCUT2D eigenvalue weighted by Gasteiger charge is 2.25. The summed E-state index contributed by atoms with van der Waals surface area (Å²) in [5.41, 5.74) is 10.2. The zero-order chi connectivity index (χ0) is 22.7. The van der Waals surface area contributed by atoms with Crippen LogP contribution < -0.4 is 18.9 Å². The molecule has 0 spiro atoms. The minimum absolute atomic E-state index is 0.238. The summed E-state index contributed by atoms with van der Waals surface area (Å²) in [6.45, 7) is 1.90. The van der Waals surface area contributed by atoms with E-state index >= 15 is 0 Å². The summed E-state index contributed by atoms with van der Waals surface area (Å²) >= 11 is 0. The first-order valence-corrected chi connectivity index (χ1v) is 8.68. The van der Waals surface area contributed by atoms with E-state index in [-0.39, 0.29) is 5.56 Å². The van der Waals surface area contributed by atoms with Crippen LogP contribution in [0.1, 0.15) is 27.0 Å². The van der Waals surface area contributed by atoms with Crippen molar-refractivity contribution in [3.05, 3.63) is 52.1 Å². The summed E-state index contributed by atoms with van der Waals surface area (Å²) < 4.78 is 22.0. The molecule has 2 rings (SSSR count). The third-order valence-corrected chi connectivity index (χ3v) is 4.18. The minimum atomic E-state index is -0.963. The fraction of sp³-hybridized carbons (Fsp3) is 0.286. The Morgan fingerprint density at radius 2 is 1.60 bits per heavy atom. The zero-order valence-corrected chi connectivity index (χ0v) is 17.5. The van der Waals surface area contributed by atoms with Crippen molar-refractivity contribution >= 4 is 18.5 Å². The standard InChI is InChI=1S/C19H22O6.C2H2N2O/c1-11-14(10-12-7-6-8-13(9-12)19(20)21)16(23-3)18(25-5)17(24-4)15(11)22-2;3-4-1-2-5/h6-9H,10H2,1-5H3,(H,20,21);1-2H. The van der Waals surface area contributed by atoms with E-state index in [2.05, 4.69) is 4.79 Å². The zero-order valence-electron chi connectivity index (χ0n) is 17.5. The number of carbonyl (C=O) groups is 2. The maximum atomic E-state index is 11.2. The molecule has 0 atom stereocenters. The van der Waals surface area contributed by atoms with Crippen molar-refractivity contribution in [1.82, 2.24) is 0 Å². The van der Waals surface area contributed by atoms with Crippen LogP contribution in [0.4, 0.5) is 0 Å². The van der Waals surface area contributed by atoms with Gasteiger partial charge in [-0.25, -0.2) is 4.79 Å². The van der Waals surface area contributed by atoms with Gasteiger partial charge in [-0.15, -0.1) is 0 Å². The van der Waals surface area contributed by atoms with Gasteiger partial charge in [0.05, 0.1) is 34.0 Å². The molecule has 160 valence electrons. The van der Waals surface area contributed by atoms with Gasteiger partial charge in [0.15, 0.2) is 11.5 Å². The number of methoxy groups -OCH3 is 4. The van der Waals surface area contributed by atoms with Gasteiger partial charge in [-0.05, 0) is 24.6 Å². The van der Waals surface area contributed by atoms with E-state index < -0.39 is 5.97 Å². The summed E-state index contributed by atoms with van der Waals surface area (Å²) in [4.78, 5) is 22.7. The van der Waals surface area contributed by atoms with Crippen LogP contribution in [-0.2, 0) is 11.2 Å². The number of carboxylic acid groups (broad SMARTS) is 1. The van der Waals surface area contributed by atoms with Crippen LogP contribution in [0.5, 0.6) is 23.0 Å². The Morgan fingerprint density at radius 3 is 2.03 bits per heavy atom. The Hall–Kier alpha value is -3.84. The lowest BCUT2D eigenvalue weighted by molar-refractivity contribution is -0.105. The topological polar surface area (TPSA) is 128 Å². The third kappa shape index (κ3) is 5.59. The molecule has 0 saturated heterocycles. The molecule has 0 aliphatic rings. The summed E-state index contributed by atoms with van der Waals surface area (Å²) in [6.07, 6.45) is 1.60. The van der Waals surface area contributed by atoms with Crippen molar-refractivity contribution < 1.29 is 38.4 Å². The number of aromatic carboxylic acids is 1. The molecule has 0 radical (unpaired) electrons. The molecule has 0 aliphatic carbocycles. The first-order valence-electron chi connectivity index (χ1n) is 8.68. The molecule has 0 aliphatic heterocycles. The Morgan fingerprint density at radius 1 is 1.03 bits per heavy atom. The van der Waals surface area contributed by atoms with Crippen LogP contribution in [0.25, 0.3) is 5.53 Å². The lowest BCUT2D eigenvalue weighted by Gasteiger charge is -2.21. The molecular formula is C21H24N2O7. The molecule has 0 amide bonds. The molecule has 2 aromatic carbocycles. The van der Waals surface area contributed by atoms with E-state index in [9.17, 15) is 9.90 Å². The van der Waals surface area contributed by atoms with Gasteiger partial charge >= 0.3 is 12.2 Å². The fourth-order valence-electron chi connectivity index (χ4n) is 2.91. The molecule has 0 fully saturated rings. The number of ether oxygens (including phenoxy) is 4. The second-order valence-electron chi connectivity index (χ2n) is 5.82. The van der Waals surface area contributed by atoms with Gasteiger partial charge in [0, 0.05) is 17.5 Å². The number of hydrogen-bond acceptors (Lipinski definition) is 6. The van der Waals surface area contributed by atoms with Crippen molar-refractivity contribution in [2.45, 2.75) is 13.3 Å². The first kappa shape index (κ1) is 24.2. The Balaban J connectivity index is 0.000000804. The molecule has 2 aromatic rings. The summed E-state index contributed by atoms with van der Waals surface area (Å²) in [5.74, 6) is 1.04. The van der Waals surface area contributed by atoms with Gasteiger partial charge in [0.2, 0.25) is 17.8 Å². The smallest absolute Gasteiger partial charge is 0.335 e. The van der Waals surface area contributed by atoms with Crippen molar-refractivity contribution in [3.8, 4) is 23.0 Å². The van der Waals surface area contributed by atoms with Gasteiger partial charge in [-0.3, -0.25) is 4.79 Å². The minimum Gasteiger partial charge on any atom is -0.492 e. The average Bonchev–Trinajstić information content (AvgIpc) is 2.75. The maximum Gasteiger partial charge on any atom is 0.335 e. The number of rotatable bonds is 8. The molecule has 9 heteroatoms. The Bertz CT molecular complexity index is 951. The summed E-state index contributed by atoms with van der Waals surface area (Å²) in [7, 11) is 6.19. The normalized spacial score (nSPS) is 9.37. The Kier molecular flexibility index (Phi) is 9.58. The molecule has 0 heterocycles. The molecule has 0 bridgehead atoms. The Labute approximate surface area is 174 Å². The van der Waals surface area contributed by atoms with E-state index in [0.29, 0.717) is 35.7 Å². The second-order valence-corrected chi connectivity index (χ2v) is 5.82. The largest absolute Gasteiger partial charge is 0.492 e. The number of carboxylic acids is 1. The third-order valence-electron chi connectivity index (χ3n) is 4.18. The van der Waals surface area contributed by atoms with Crippen molar-refractivity contribution in [1.29, 1.82) is 0 Å². The fourth-order valence-corrected chi connectivity index (χ4v) is 2.91. The maximum absolute atomic E-state index is 11.2. The average molecular weight is 416 g/mol. The quantitative estimate of drug-likeness (QED) is 0.303. The van der Waals surface area contributed by atoms with Crippen molar-refractivity contribution in [2.75, 3.05) is 28.4 Å². The van der Waals surface area contributed by atoms with Gasteiger partial charge < -0.3 is 29.6 Å². The molecule has 0 unspecified atom stereocenters. The highest BCUT2D eigenvalue weighted by molar-refractivity contribution is 6.09. The second kappa shape index (κ2) is 11.9. The van der Waals surface area contributed by atoms with E-state index in [1.54, 1.807) is 32.4 Å². The van der Waals surface area contributed by atoms with Gasteiger partial charge in [0.1, 0.15) is 0 Å². The van der Waals surface area contributed by atoms with Crippen LogP contribution >= 0.6 is 0 Å². The highest BCUT2D eigenvalue weighted by Crippen LogP contribution is 2.49. The van der Waals surface area contributed by atoms with Crippen LogP contribution in [0.15, 0.2) is 24.3 Å². The number of carbonyl (C=O) groups excluding carboxylic acids is 1. The summed E-state index contributed by atoms with van der Waals surface area (Å²) in [5, 5.41) is 9.18. The highest BCUT2D eigenvalue weighted by atomic mass is 16.5. The van der Waals surface area contributed by atoms with Crippen LogP contribution in [0.2, 0.25) is 0 Å². The predicted molar refractivity (Wildman–Crippen MR) is 109 cm³/mol. The molecule has 30 heavy (non-hydrogen) atoms. The SMILES string of the molecule is COc1c(C)c(Cc2cccc(C(=O)O)c2)c(OC)c(OC)c1OC.[N-]=[N+]=CC=O. The van der Waals surface area contributed by atoms with Gasteiger partial charge in [0.25, 0.3) is 0 Å². The van der Waals surface area contributed by atoms with Gasteiger partial charge in [-0.1, -0.05) is 12.1 Å².